The number of carbonyl (C=O) groups excluding carboxylic acids is 1. The summed E-state index contributed by atoms with van der Waals surface area (Å²) in [6.07, 6.45) is 3.14. The van der Waals surface area contributed by atoms with Gasteiger partial charge in [-0.25, -0.2) is 5.10 Å². The minimum Gasteiger partial charge on any atom is -0.454 e. The highest BCUT2D eigenvalue weighted by atomic mass is 16.3. The summed E-state index contributed by atoms with van der Waals surface area (Å²) >= 11 is 0. The number of benzene rings is 1. The molecule has 35 heavy (non-hydrogen) atoms. The molecule has 2 heterocycles. The van der Waals surface area contributed by atoms with Crippen molar-refractivity contribution in [3.8, 4) is 0 Å². The highest BCUT2D eigenvalue weighted by Gasteiger charge is 2.27. The molecule has 0 radical (unpaired) electrons. The van der Waals surface area contributed by atoms with E-state index in [9.17, 15) is 9.59 Å². The van der Waals surface area contributed by atoms with E-state index in [1.165, 1.54) is 0 Å². The monoisotopic (exact) mass is 479 g/mol. The maximum absolute atomic E-state index is 12.3. The Hall–Kier alpha value is -3.66. The predicted molar refractivity (Wildman–Crippen MR) is 138 cm³/mol. The molecular weight excluding hydrogens is 446 g/mol. The van der Waals surface area contributed by atoms with Crippen LogP contribution in [0.5, 0.6) is 0 Å². The number of carbonyl (C=O) groups is 1. The zero-order chi connectivity index (χ0) is 25.3. The minimum absolute atomic E-state index is 0.0194. The maximum Gasteiger partial charge on any atom is 0.288 e. The van der Waals surface area contributed by atoms with Gasteiger partial charge in [0.05, 0.1) is 18.2 Å². The Morgan fingerprint density at radius 1 is 1.23 bits per heavy atom. The highest BCUT2D eigenvalue weighted by molar-refractivity contribution is 6.18. The van der Waals surface area contributed by atoms with Crippen molar-refractivity contribution in [1.82, 2.24) is 20.4 Å². The number of anilines is 2. The zero-order valence-corrected chi connectivity index (χ0v) is 20.6. The number of aromatic amines is 1. The molecule has 4 rings (SSSR count). The Morgan fingerprint density at radius 3 is 2.63 bits per heavy atom. The zero-order valence-electron chi connectivity index (χ0n) is 20.6. The molecule has 3 aromatic rings. The van der Waals surface area contributed by atoms with E-state index < -0.39 is 5.56 Å². The smallest absolute Gasteiger partial charge is 0.288 e. The SMILES string of the molecule is Cc1ccc2oc(C(=NC3CCC(NC(=O)CN(C)C)CC3)c3c(N)n[nH]c(=O)c3N)c(C)c2c1. The third-order valence-corrected chi connectivity index (χ3v) is 6.42. The summed E-state index contributed by atoms with van der Waals surface area (Å²) in [7, 11) is 3.74. The maximum atomic E-state index is 12.3. The van der Waals surface area contributed by atoms with Crippen LogP contribution >= 0.6 is 0 Å². The van der Waals surface area contributed by atoms with Gasteiger partial charge in [0.2, 0.25) is 5.91 Å². The van der Waals surface area contributed by atoms with E-state index in [1.54, 1.807) is 0 Å². The van der Waals surface area contributed by atoms with E-state index in [4.69, 9.17) is 20.9 Å². The van der Waals surface area contributed by atoms with Gasteiger partial charge in [0.15, 0.2) is 11.6 Å². The summed E-state index contributed by atoms with van der Waals surface area (Å²) in [5, 5.41) is 10.3. The second-order valence-corrected chi connectivity index (χ2v) is 9.57. The van der Waals surface area contributed by atoms with Gasteiger partial charge in [-0.2, -0.15) is 5.10 Å². The van der Waals surface area contributed by atoms with Crippen LogP contribution in [-0.4, -0.2) is 59.4 Å². The summed E-state index contributed by atoms with van der Waals surface area (Å²) in [4.78, 5) is 31.3. The average Bonchev–Trinajstić information content (AvgIpc) is 3.12. The van der Waals surface area contributed by atoms with E-state index in [1.807, 2.05) is 45.0 Å². The molecule has 0 atom stereocenters. The van der Waals surface area contributed by atoms with E-state index in [-0.39, 0.29) is 35.1 Å². The van der Waals surface area contributed by atoms with Crippen molar-refractivity contribution in [2.75, 3.05) is 32.1 Å². The van der Waals surface area contributed by atoms with Crippen LogP contribution in [0.2, 0.25) is 0 Å². The number of hydrogen-bond donors (Lipinski definition) is 4. The van der Waals surface area contributed by atoms with E-state index in [0.717, 1.165) is 47.8 Å². The molecule has 1 aliphatic carbocycles. The van der Waals surface area contributed by atoms with Gasteiger partial charge < -0.3 is 26.1 Å². The molecule has 10 heteroatoms. The van der Waals surface area contributed by atoms with Crippen LogP contribution in [0, 0.1) is 13.8 Å². The fourth-order valence-corrected chi connectivity index (χ4v) is 4.62. The fourth-order valence-electron chi connectivity index (χ4n) is 4.62. The number of aliphatic imine (C=N–C) groups is 1. The first-order valence-electron chi connectivity index (χ1n) is 11.8. The molecule has 1 aliphatic rings. The molecule has 0 bridgehead atoms. The number of furan rings is 1. The van der Waals surface area contributed by atoms with Gasteiger partial charge in [0, 0.05) is 17.0 Å². The number of nitrogen functional groups attached to an aromatic ring is 2. The number of aryl methyl sites for hydroxylation is 2. The Kier molecular flexibility index (Phi) is 6.93. The van der Waals surface area contributed by atoms with Crippen molar-refractivity contribution in [2.45, 2.75) is 51.6 Å². The van der Waals surface area contributed by atoms with Crippen molar-refractivity contribution in [1.29, 1.82) is 0 Å². The molecule has 186 valence electrons. The summed E-state index contributed by atoms with van der Waals surface area (Å²) < 4.78 is 6.23. The number of H-pyrrole nitrogens is 1. The van der Waals surface area contributed by atoms with Gasteiger partial charge in [-0.15, -0.1) is 0 Å². The highest BCUT2D eigenvalue weighted by Crippen LogP contribution is 2.32. The second kappa shape index (κ2) is 9.91. The van der Waals surface area contributed by atoms with Gasteiger partial charge in [-0.05, 0) is 65.8 Å². The average molecular weight is 480 g/mol. The topological polar surface area (TPSA) is 156 Å². The molecule has 1 amide bonds. The van der Waals surface area contributed by atoms with Gasteiger partial charge in [-0.1, -0.05) is 11.6 Å². The number of nitrogens with two attached hydrogens (primary N) is 2. The normalized spacial score (nSPS) is 18.8. The number of hydrogen-bond acceptors (Lipinski definition) is 8. The number of amides is 1. The first-order valence-corrected chi connectivity index (χ1v) is 11.8. The first-order chi connectivity index (χ1) is 16.6. The van der Waals surface area contributed by atoms with Crippen molar-refractivity contribution in [3.63, 3.8) is 0 Å². The lowest BCUT2D eigenvalue weighted by atomic mass is 9.91. The summed E-state index contributed by atoms with van der Waals surface area (Å²) in [6.45, 7) is 4.34. The number of nitrogens with zero attached hydrogens (tertiary/aromatic N) is 3. The van der Waals surface area contributed by atoms with Crippen LogP contribution in [0.1, 0.15) is 48.1 Å². The Bertz CT molecular complexity index is 1330. The lowest BCUT2D eigenvalue weighted by Crippen LogP contribution is -2.42. The Morgan fingerprint density at radius 2 is 1.94 bits per heavy atom. The van der Waals surface area contributed by atoms with Gasteiger partial charge in [0.1, 0.15) is 17.0 Å². The Labute approximate surface area is 203 Å². The van der Waals surface area contributed by atoms with E-state index in [0.29, 0.717) is 18.0 Å². The molecule has 10 nitrogen and oxygen atoms in total. The third-order valence-electron chi connectivity index (χ3n) is 6.42. The molecule has 1 fully saturated rings. The van der Waals surface area contributed by atoms with Crippen LogP contribution in [0.25, 0.3) is 11.0 Å². The van der Waals surface area contributed by atoms with Crippen LogP contribution < -0.4 is 22.3 Å². The molecule has 1 saturated carbocycles. The van der Waals surface area contributed by atoms with E-state index >= 15 is 0 Å². The lowest BCUT2D eigenvalue weighted by Gasteiger charge is -2.28. The Balaban J connectivity index is 1.70. The molecule has 2 aromatic heterocycles. The standard InChI is InChI=1S/C25H33N7O3/c1-13-5-10-18-17(11-13)14(2)23(35-18)22(20-21(26)25(34)31-30-24(20)27)29-16-8-6-15(7-9-16)28-19(33)12-32(3)4/h5,10-11,15-16H,6-9,12H2,1-4H3,(H,28,33)(H,31,34)(H4,26,27,30). The van der Waals surface area contributed by atoms with Gasteiger partial charge in [0.25, 0.3) is 5.56 Å². The molecule has 0 saturated heterocycles. The largest absolute Gasteiger partial charge is 0.454 e. The molecule has 0 unspecified atom stereocenters. The fraction of sp³-hybridized carbons (Fsp3) is 0.440. The quantitative estimate of drug-likeness (QED) is 0.395. The summed E-state index contributed by atoms with van der Waals surface area (Å²) in [6, 6.07) is 6.03. The number of aromatic nitrogens is 2. The summed E-state index contributed by atoms with van der Waals surface area (Å²) in [5.41, 5.74) is 15.2. The number of fused-ring (bicyclic) bond motifs is 1. The van der Waals surface area contributed by atoms with Crippen molar-refractivity contribution in [3.05, 3.63) is 51.0 Å². The molecule has 0 aliphatic heterocycles. The molecular formula is C25H33N7O3. The third kappa shape index (κ3) is 5.22. The van der Waals surface area contributed by atoms with E-state index in [2.05, 4.69) is 21.6 Å². The number of likely N-dealkylation sites (N-methyl/N-ethyl adjacent to an activating group) is 1. The van der Waals surface area contributed by atoms with Crippen molar-refractivity contribution >= 4 is 34.1 Å². The van der Waals surface area contributed by atoms with Crippen LogP contribution in [0.4, 0.5) is 11.5 Å². The van der Waals surface area contributed by atoms with Gasteiger partial charge in [-0.3, -0.25) is 14.6 Å². The van der Waals surface area contributed by atoms with Crippen molar-refractivity contribution in [2.24, 2.45) is 4.99 Å². The van der Waals surface area contributed by atoms with Crippen molar-refractivity contribution < 1.29 is 9.21 Å². The minimum atomic E-state index is -0.529. The first kappa shape index (κ1) is 24.5. The number of nitrogens with one attached hydrogen (secondary N) is 2. The van der Waals surface area contributed by atoms with Gasteiger partial charge >= 0.3 is 0 Å². The van der Waals surface area contributed by atoms with Crippen LogP contribution in [0.3, 0.4) is 0 Å². The summed E-state index contributed by atoms with van der Waals surface area (Å²) in [5.74, 6) is 0.630. The molecule has 1 aromatic carbocycles. The molecule has 0 spiro atoms. The van der Waals surface area contributed by atoms with Crippen LogP contribution in [0.15, 0.2) is 32.4 Å². The van der Waals surface area contributed by atoms with Crippen LogP contribution in [-0.2, 0) is 4.79 Å². The molecule has 6 N–H and O–H groups in total. The lowest BCUT2D eigenvalue weighted by molar-refractivity contribution is -0.122. The number of rotatable bonds is 6. The predicted octanol–water partition coefficient (Wildman–Crippen LogP) is 2.12. The second-order valence-electron chi connectivity index (χ2n) is 9.57.